The van der Waals surface area contributed by atoms with Gasteiger partial charge in [-0.25, -0.2) is 0 Å². The van der Waals surface area contributed by atoms with Crippen molar-refractivity contribution in [1.82, 2.24) is 9.80 Å². The van der Waals surface area contributed by atoms with E-state index in [-0.39, 0.29) is 0 Å². The van der Waals surface area contributed by atoms with E-state index >= 15 is 0 Å². The quantitative estimate of drug-likeness (QED) is 0.518. The van der Waals surface area contributed by atoms with Crippen LogP contribution in [0, 0.1) is 0 Å². The molecule has 0 aliphatic heterocycles. The first-order valence-electron chi connectivity index (χ1n) is 6.57. The van der Waals surface area contributed by atoms with Crippen molar-refractivity contribution in [1.29, 1.82) is 0 Å². The van der Waals surface area contributed by atoms with Crippen LogP contribution >= 0.6 is 12.6 Å². The Morgan fingerprint density at radius 2 is 1.75 bits per heavy atom. The van der Waals surface area contributed by atoms with Gasteiger partial charge in [-0.3, -0.25) is 0 Å². The molecule has 1 saturated carbocycles. The normalized spacial score (nSPS) is 19.1. The van der Waals surface area contributed by atoms with Gasteiger partial charge in [0.2, 0.25) is 0 Å². The van der Waals surface area contributed by atoms with E-state index in [1.165, 1.54) is 51.6 Å². The van der Waals surface area contributed by atoms with Crippen LogP contribution in [-0.4, -0.2) is 55.3 Å². The highest BCUT2D eigenvalue weighted by molar-refractivity contribution is 7.80. The van der Waals surface area contributed by atoms with E-state index in [1.54, 1.807) is 0 Å². The Bertz CT molecular complexity index is 190. The van der Waals surface area contributed by atoms with Crippen LogP contribution in [0.4, 0.5) is 0 Å². The Labute approximate surface area is 107 Å². The molecular formula is C13H28N2S. The van der Waals surface area contributed by atoms with E-state index in [0.29, 0.717) is 5.54 Å². The topological polar surface area (TPSA) is 6.48 Å². The Hall–Kier alpha value is 0.270. The van der Waals surface area contributed by atoms with Gasteiger partial charge in [0.05, 0.1) is 0 Å². The highest BCUT2D eigenvalue weighted by atomic mass is 32.1. The van der Waals surface area contributed by atoms with Gasteiger partial charge >= 0.3 is 0 Å². The summed E-state index contributed by atoms with van der Waals surface area (Å²) in [4.78, 5) is 4.94. The van der Waals surface area contributed by atoms with Gasteiger partial charge in [-0.05, 0) is 65.5 Å². The molecule has 1 aliphatic rings. The van der Waals surface area contributed by atoms with Crippen molar-refractivity contribution in [2.45, 2.75) is 44.1 Å². The van der Waals surface area contributed by atoms with Crippen LogP contribution in [0.5, 0.6) is 0 Å². The van der Waals surface area contributed by atoms with Crippen LogP contribution in [-0.2, 0) is 0 Å². The zero-order valence-corrected chi connectivity index (χ0v) is 12.1. The minimum absolute atomic E-state index is 0.484. The fourth-order valence-electron chi connectivity index (χ4n) is 2.58. The second-order valence-corrected chi connectivity index (χ2v) is 5.94. The standard InChI is InChI=1S/C13H28N2S/c1-14(2)13(8-7-9-13)12-15(3)10-5-4-6-11-16/h16H,4-12H2,1-3H3. The Morgan fingerprint density at radius 1 is 1.06 bits per heavy atom. The lowest BCUT2D eigenvalue weighted by Crippen LogP contribution is -2.56. The number of hydrogen-bond acceptors (Lipinski definition) is 3. The van der Waals surface area contributed by atoms with E-state index in [2.05, 4.69) is 43.6 Å². The first-order chi connectivity index (χ1) is 7.60. The molecule has 96 valence electrons. The summed E-state index contributed by atoms with van der Waals surface area (Å²) in [7, 11) is 6.73. The van der Waals surface area contributed by atoms with E-state index in [0.717, 1.165) is 5.75 Å². The molecule has 0 bridgehead atoms. The second-order valence-electron chi connectivity index (χ2n) is 5.49. The van der Waals surface area contributed by atoms with Crippen molar-refractivity contribution >= 4 is 12.6 Å². The lowest BCUT2D eigenvalue weighted by Gasteiger charge is -2.49. The van der Waals surface area contributed by atoms with Gasteiger partial charge in [-0.2, -0.15) is 12.6 Å². The Kier molecular flexibility index (Phi) is 6.16. The second kappa shape index (κ2) is 6.87. The third kappa shape index (κ3) is 3.94. The molecule has 0 aromatic rings. The van der Waals surface area contributed by atoms with Gasteiger partial charge in [0.1, 0.15) is 0 Å². The monoisotopic (exact) mass is 244 g/mol. The highest BCUT2D eigenvalue weighted by Crippen LogP contribution is 2.36. The minimum Gasteiger partial charge on any atom is -0.305 e. The minimum atomic E-state index is 0.484. The zero-order valence-electron chi connectivity index (χ0n) is 11.2. The fraction of sp³-hybridized carbons (Fsp3) is 1.00. The van der Waals surface area contributed by atoms with Crippen molar-refractivity contribution in [2.75, 3.05) is 40.0 Å². The van der Waals surface area contributed by atoms with E-state index in [9.17, 15) is 0 Å². The third-order valence-corrected chi connectivity index (χ3v) is 4.31. The summed E-state index contributed by atoms with van der Waals surface area (Å²) >= 11 is 4.24. The molecule has 1 aliphatic carbocycles. The maximum absolute atomic E-state index is 4.24. The predicted molar refractivity (Wildman–Crippen MR) is 75.5 cm³/mol. The van der Waals surface area contributed by atoms with Crippen molar-refractivity contribution in [3.63, 3.8) is 0 Å². The molecule has 0 unspecified atom stereocenters. The van der Waals surface area contributed by atoms with Crippen LogP contribution in [0.3, 0.4) is 0 Å². The molecule has 2 nitrogen and oxygen atoms in total. The summed E-state index contributed by atoms with van der Waals surface area (Å²) in [5.41, 5.74) is 0.484. The van der Waals surface area contributed by atoms with Crippen molar-refractivity contribution in [3.05, 3.63) is 0 Å². The molecule has 0 aromatic heterocycles. The largest absolute Gasteiger partial charge is 0.305 e. The molecule has 0 radical (unpaired) electrons. The Morgan fingerprint density at radius 3 is 2.19 bits per heavy atom. The van der Waals surface area contributed by atoms with Crippen molar-refractivity contribution < 1.29 is 0 Å². The number of rotatable bonds is 8. The van der Waals surface area contributed by atoms with E-state index < -0.39 is 0 Å². The highest BCUT2D eigenvalue weighted by Gasteiger charge is 2.39. The average Bonchev–Trinajstić information content (AvgIpc) is 2.18. The van der Waals surface area contributed by atoms with E-state index in [1.807, 2.05) is 0 Å². The first-order valence-corrected chi connectivity index (χ1v) is 7.21. The number of unbranched alkanes of at least 4 members (excludes halogenated alkanes) is 2. The summed E-state index contributed by atoms with van der Waals surface area (Å²) in [6.45, 7) is 2.48. The molecular weight excluding hydrogens is 216 g/mol. The summed E-state index contributed by atoms with van der Waals surface area (Å²) in [5.74, 6) is 1.03. The third-order valence-electron chi connectivity index (χ3n) is 4.00. The number of likely N-dealkylation sites (N-methyl/N-ethyl adjacent to an activating group) is 2. The van der Waals surface area contributed by atoms with Crippen molar-refractivity contribution in [3.8, 4) is 0 Å². The summed E-state index contributed by atoms with van der Waals surface area (Å²) in [6.07, 6.45) is 8.06. The van der Waals surface area contributed by atoms with Crippen LogP contribution < -0.4 is 0 Å². The summed E-state index contributed by atoms with van der Waals surface area (Å²) < 4.78 is 0. The SMILES string of the molecule is CN(CCCCCS)CC1(N(C)C)CCC1. The fourth-order valence-corrected chi connectivity index (χ4v) is 2.81. The smallest absolute Gasteiger partial charge is 0.0330 e. The predicted octanol–water partition coefficient (Wildman–Crippen LogP) is 2.50. The van der Waals surface area contributed by atoms with Crippen molar-refractivity contribution in [2.24, 2.45) is 0 Å². The molecule has 0 aromatic carbocycles. The molecule has 1 fully saturated rings. The van der Waals surface area contributed by atoms with Crippen LogP contribution in [0.25, 0.3) is 0 Å². The molecule has 0 atom stereocenters. The molecule has 3 heteroatoms. The number of nitrogens with zero attached hydrogens (tertiary/aromatic N) is 2. The molecule has 1 rings (SSSR count). The Balaban J connectivity index is 2.19. The summed E-state index contributed by atoms with van der Waals surface area (Å²) in [5, 5.41) is 0. The van der Waals surface area contributed by atoms with Crippen LogP contribution in [0.15, 0.2) is 0 Å². The molecule has 16 heavy (non-hydrogen) atoms. The van der Waals surface area contributed by atoms with Gasteiger partial charge in [0.25, 0.3) is 0 Å². The molecule has 0 amide bonds. The van der Waals surface area contributed by atoms with E-state index in [4.69, 9.17) is 0 Å². The molecule has 0 spiro atoms. The number of thiol groups is 1. The van der Waals surface area contributed by atoms with Crippen LogP contribution in [0.2, 0.25) is 0 Å². The summed E-state index contributed by atoms with van der Waals surface area (Å²) in [6, 6.07) is 0. The molecule has 0 N–H and O–H groups in total. The van der Waals surface area contributed by atoms with Gasteiger partial charge in [0, 0.05) is 12.1 Å². The van der Waals surface area contributed by atoms with Gasteiger partial charge in [-0.1, -0.05) is 6.42 Å². The van der Waals surface area contributed by atoms with Gasteiger partial charge in [-0.15, -0.1) is 0 Å². The van der Waals surface area contributed by atoms with Gasteiger partial charge < -0.3 is 9.80 Å². The maximum atomic E-state index is 4.24. The lowest BCUT2D eigenvalue weighted by molar-refractivity contribution is 0.0275. The average molecular weight is 244 g/mol. The molecule has 0 heterocycles. The molecule has 0 saturated heterocycles. The number of hydrogen-bond donors (Lipinski definition) is 1. The zero-order chi connectivity index (χ0) is 12.0. The van der Waals surface area contributed by atoms with Gasteiger partial charge in [0.15, 0.2) is 0 Å². The van der Waals surface area contributed by atoms with Crippen LogP contribution in [0.1, 0.15) is 38.5 Å². The maximum Gasteiger partial charge on any atom is 0.0330 e. The lowest BCUT2D eigenvalue weighted by atomic mass is 9.75. The first kappa shape index (κ1) is 14.3.